The first-order valence-electron chi connectivity index (χ1n) is 26.1. The van der Waals surface area contributed by atoms with Crippen LogP contribution in [0.2, 0.25) is 0 Å². The van der Waals surface area contributed by atoms with E-state index < -0.39 is 151 Å². The molecule has 442 valence electrons. The van der Waals surface area contributed by atoms with Crippen LogP contribution in [0.3, 0.4) is 0 Å². The molecule has 20 N–H and O–H groups in total. The Hall–Kier alpha value is -7.88. The predicted molar refractivity (Wildman–Crippen MR) is 307 cm³/mol. The van der Waals surface area contributed by atoms with Crippen LogP contribution in [0.5, 0.6) is 5.75 Å². The van der Waals surface area contributed by atoms with Gasteiger partial charge < -0.3 is 22.9 Å². The number of benzene rings is 3. The van der Waals surface area contributed by atoms with Gasteiger partial charge in [0.15, 0.2) is 5.96 Å². The van der Waals surface area contributed by atoms with Crippen LogP contribution in [0.15, 0.2) is 89.9 Å². The van der Waals surface area contributed by atoms with E-state index in [-0.39, 0.29) is 68.4 Å². The van der Waals surface area contributed by atoms with E-state index >= 15 is 4.79 Å². The standard InChI is InChI=1S/C52H70AsN15O12S2/c54-33-27-81-53(31-11-5-2-6-12-31)82-28-39(51(80)68-22-8-14-40(68)50(79)63-34(13-7-21-60-52(58)59)45(74)61-26-43(57)72)67-49(78)38(25-42(56)71)66-46(75)35(19-20-41(55)70)62-47(76)37(23-29-9-3-1-4-10-29)65-48(77)36(64-44(33)73)24-30-15-17-32(69)18-16-30/h1-6,9-12,15-18,33-40,69H,7-8,13-14,19-28,54H2,(H2,55,70)(H2,56,71)(H2,57,72)(H,61,74)(H,62,76)(H,63,79)(H,64,73)(H,65,77)(H,66,75)(H,67,78)(H4,58,59,60)/t33-,34+,35+,36?,37+,38+,39-,40+,53?/m1/s1. The van der Waals surface area contributed by atoms with Crippen molar-refractivity contribution >= 4 is 108 Å². The van der Waals surface area contributed by atoms with E-state index in [1.165, 1.54) is 37.1 Å². The Bertz CT molecular complexity index is 2790. The summed E-state index contributed by atoms with van der Waals surface area (Å²) in [6, 6.07) is 12.0. The van der Waals surface area contributed by atoms with E-state index in [1.54, 1.807) is 60.7 Å². The summed E-state index contributed by atoms with van der Waals surface area (Å²) in [7, 11) is 2.63. The summed E-state index contributed by atoms with van der Waals surface area (Å²) < 4.78 is 0.833. The molecule has 0 radical (unpaired) electrons. The van der Waals surface area contributed by atoms with Gasteiger partial charge in [0, 0.05) is 0 Å². The average molecular weight is 1240 g/mol. The van der Waals surface area contributed by atoms with Crippen LogP contribution >= 0.6 is 20.0 Å². The quantitative estimate of drug-likeness (QED) is 0.0218. The van der Waals surface area contributed by atoms with Crippen molar-refractivity contribution in [2.24, 2.45) is 39.4 Å². The Kier molecular flexibility index (Phi) is 25.8. The molecule has 2 saturated heterocycles. The number of hydrogen-bond donors (Lipinski definition) is 14. The molecule has 3 aromatic carbocycles. The molecule has 2 aliphatic heterocycles. The second-order valence-corrected chi connectivity index (χ2v) is 30.8. The summed E-state index contributed by atoms with van der Waals surface area (Å²) in [6.07, 6.45) is -1.39. The number of hydrogen-bond acceptors (Lipinski definition) is 16. The average Bonchev–Trinajstić information content (AvgIpc) is 3.97. The van der Waals surface area contributed by atoms with Gasteiger partial charge in [-0.25, -0.2) is 0 Å². The van der Waals surface area contributed by atoms with E-state index in [2.05, 4.69) is 42.2 Å². The van der Waals surface area contributed by atoms with Crippen LogP contribution in [0.1, 0.15) is 56.1 Å². The fourth-order valence-electron chi connectivity index (χ4n) is 8.59. The third kappa shape index (κ3) is 21.2. The molecule has 82 heavy (non-hydrogen) atoms. The van der Waals surface area contributed by atoms with Crippen LogP contribution in [0.4, 0.5) is 0 Å². The number of phenolic OH excluding ortho intramolecular Hbond substituents is 1. The summed E-state index contributed by atoms with van der Waals surface area (Å²) in [6.45, 7) is -0.437. The van der Waals surface area contributed by atoms with E-state index in [9.17, 15) is 53.1 Å². The predicted octanol–water partition coefficient (Wildman–Crippen LogP) is -4.92. The second-order valence-electron chi connectivity index (χ2n) is 19.2. The molecule has 2 aliphatic rings. The number of phenols is 1. The van der Waals surface area contributed by atoms with E-state index in [1.807, 2.05) is 12.1 Å². The first-order valence-corrected chi connectivity index (χ1v) is 33.5. The Morgan fingerprint density at radius 1 is 0.683 bits per heavy atom. The van der Waals surface area contributed by atoms with E-state index in [4.69, 9.17) is 34.4 Å². The number of aromatic hydroxyl groups is 1. The SMILES string of the molecule is NC(=O)CC[C@@H]1NC(=O)[C@H](Cc2ccccc2)NC(=O)C(Cc2ccc(O)cc2)NC(=O)[C@H](N)CS[As](c2ccccc2)SC[C@H](C(=O)N2CCC[C@H]2C(=O)N[C@@H](CCCN=C(N)N)C(=O)NCC(N)=O)NC(=O)[C@H](CC(N)=O)NC1=O. The van der Waals surface area contributed by atoms with Crippen molar-refractivity contribution in [3.05, 3.63) is 96.1 Å². The summed E-state index contributed by atoms with van der Waals surface area (Å²) in [4.78, 5) is 156. The van der Waals surface area contributed by atoms with Gasteiger partial charge in [-0.3, -0.25) is 14.6 Å². The minimum absolute atomic E-state index is 0.00152. The molecular weight excluding hydrogens is 1170 g/mol. The number of nitrogens with two attached hydrogens (primary N) is 6. The van der Waals surface area contributed by atoms with Gasteiger partial charge in [-0.05, 0) is 0 Å². The van der Waals surface area contributed by atoms with Crippen LogP contribution < -0.4 is 76.0 Å². The molecule has 30 heteroatoms. The zero-order valence-electron chi connectivity index (χ0n) is 44.7. The zero-order valence-corrected chi connectivity index (χ0v) is 48.2. The van der Waals surface area contributed by atoms with Gasteiger partial charge in [0.2, 0.25) is 5.91 Å². The molecule has 0 spiro atoms. The molecule has 11 amide bonds. The van der Waals surface area contributed by atoms with Gasteiger partial charge in [0.05, 0.1) is 0 Å². The summed E-state index contributed by atoms with van der Waals surface area (Å²) >= 11 is -2.59. The van der Waals surface area contributed by atoms with E-state index in [0.717, 1.165) is 4.35 Å². The minimum atomic E-state index is -2.59. The summed E-state index contributed by atoms with van der Waals surface area (Å²) in [5.41, 5.74) is 35.0. The number of rotatable bonds is 20. The third-order valence-electron chi connectivity index (χ3n) is 12.8. The molecule has 0 aliphatic carbocycles. The molecule has 2 heterocycles. The molecule has 0 bridgehead atoms. The number of guanidine groups is 1. The molecule has 2 unspecified atom stereocenters. The van der Waals surface area contributed by atoms with Crippen molar-refractivity contribution in [1.82, 2.24) is 42.1 Å². The van der Waals surface area contributed by atoms with Crippen molar-refractivity contribution in [2.75, 3.05) is 31.1 Å². The van der Waals surface area contributed by atoms with Gasteiger partial charge in [-0.1, -0.05) is 18.2 Å². The van der Waals surface area contributed by atoms with Crippen LogP contribution in [0.25, 0.3) is 0 Å². The number of amides is 11. The van der Waals surface area contributed by atoms with Gasteiger partial charge in [-0.15, -0.1) is 0 Å². The van der Waals surface area contributed by atoms with Gasteiger partial charge in [0.25, 0.3) is 0 Å². The molecule has 5 rings (SSSR count). The Labute approximate surface area is 483 Å². The maximum atomic E-state index is 15.1. The molecule has 3 aromatic rings. The Morgan fingerprint density at radius 3 is 1.85 bits per heavy atom. The van der Waals surface area contributed by atoms with Crippen molar-refractivity contribution in [1.29, 1.82) is 0 Å². The molecular formula is C52H70AsN15O12S2. The number of primary amides is 3. The normalized spacial score (nSPS) is 22.7. The number of carbonyl (C=O) groups excluding carboxylic acids is 11. The van der Waals surface area contributed by atoms with Gasteiger partial charge in [0.1, 0.15) is 0 Å². The number of carbonyl (C=O) groups is 11. The zero-order chi connectivity index (χ0) is 59.9. The van der Waals surface area contributed by atoms with Crippen LogP contribution in [0, 0.1) is 0 Å². The molecule has 27 nitrogen and oxygen atoms in total. The Balaban J connectivity index is 1.56. The number of nitrogens with one attached hydrogen (secondary N) is 7. The van der Waals surface area contributed by atoms with Crippen molar-refractivity contribution < 1.29 is 57.8 Å². The van der Waals surface area contributed by atoms with Crippen molar-refractivity contribution in [2.45, 2.75) is 106 Å². The Morgan fingerprint density at radius 2 is 1.24 bits per heavy atom. The molecule has 0 saturated carbocycles. The second kappa shape index (κ2) is 32.5. The molecule has 2 fully saturated rings. The van der Waals surface area contributed by atoms with Crippen molar-refractivity contribution in [3.63, 3.8) is 0 Å². The third-order valence-corrected chi connectivity index (χ3v) is 26.1. The topological polar surface area (TPSA) is 464 Å². The first kappa shape index (κ1) is 64.9. The molecule has 9 atom stereocenters. The van der Waals surface area contributed by atoms with Crippen molar-refractivity contribution in [3.8, 4) is 5.75 Å². The van der Waals surface area contributed by atoms with Crippen LogP contribution in [-0.2, 0) is 65.6 Å². The number of likely N-dealkylation sites (tertiary alicyclic amines) is 1. The van der Waals surface area contributed by atoms with Gasteiger partial charge in [-0.2, -0.15) is 0 Å². The monoisotopic (exact) mass is 1240 g/mol. The van der Waals surface area contributed by atoms with Crippen LogP contribution in [-0.4, -0.2) is 173 Å². The maximum absolute atomic E-state index is 15.1. The van der Waals surface area contributed by atoms with E-state index in [0.29, 0.717) is 17.5 Å². The number of nitrogens with zero attached hydrogens (tertiary/aromatic N) is 2. The molecule has 0 aromatic heterocycles. The number of aliphatic imine (C=N–C) groups is 1. The first-order chi connectivity index (χ1) is 39.1. The summed E-state index contributed by atoms with van der Waals surface area (Å²) in [5, 5.41) is 28.2. The summed E-state index contributed by atoms with van der Waals surface area (Å²) in [5.74, 6) is -10.2. The fourth-order valence-corrected chi connectivity index (χ4v) is 21.1. The van der Waals surface area contributed by atoms with Gasteiger partial charge >= 0.3 is 419 Å². The fraction of sp³-hybridized carbons (Fsp3) is 0.423.